The highest BCUT2D eigenvalue weighted by Gasteiger charge is 2.15. The summed E-state index contributed by atoms with van der Waals surface area (Å²) < 4.78 is 27.0. The van der Waals surface area contributed by atoms with Crippen LogP contribution in [0.15, 0.2) is 40.9 Å². The van der Waals surface area contributed by atoms with E-state index in [-0.39, 0.29) is 21.3 Å². The Hall–Kier alpha value is -2.28. The number of carbonyl (C=O) groups excluding carboxylic acids is 1. The molecule has 0 unspecified atom stereocenters. The number of hydrogen-bond acceptors (Lipinski definition) is 2. The highest BCUT2D eigenvalue weighted by Crippen LogP contribution is 2.23. The minimum absolute atomic E-state index is 0.00305. The summed E-state index contributed by atoms with van der Waals surface area (Å²) in [4.78, 5) is 22.7. The number of rotatable bonds is 3. The highest BCUT2D eigenvalue weighted by atomic mass is 79.9. The molecule has 0 saturated carbocycles. The van der Waals surface area contributed by atoms with Crippen LogP contribution in [-0.2, 0) is 0 Å². The van der Waals surface area contributed by atoms with E-state index in [0.717, 1.165) is 18.2 Å². The van der Waals surface area contributed by atoms with Gasteiger partial charge in [0, 0.05) is 0 Å². The van der Waals surface area contributed by atoms with Gasteiger partial charge in [0.2, 0.25) is 0 Å². The van der Waals surface area contributed by atoms with E-state index in [2.05, 4.69) is 21.2 Å². The molecule has 0 atom stereocenters. The minimum Gasteiger partial charge on any atom is -0.478 e. The van der Waals surface area contributed by atoms with Crippen molar-refractivity contribution in [3.05, 3.63) is 63.6 Å². The van der Waals surface area contributed by atoms with Crippen molar-refractivity contribution < 1.29 is 23.5 Å². The van der Waals surface area contributed by atoms with Crippen molar-refractivity contribution in [2.75, 3.05) is 5.32 Å². The molecule has 21 heavy (non-hydrogen) atoms. The van der Waals surface area contributed by atoms with Crippen molar-refractivity contribution in [1.82, 2.24) is 0 Å². The molecule has 108 valence electrons. The third-order valence-electron chi connectivity index (χ3n) is 2.66. The Morgan fingerprint density at radius 1 is 1.10 bits per heavy atom. The minimum atomic E-state index is -1.28. The number of carbonyl (C=O) groups is 2. The summed E-state index contributed by atoms with van der Waals surface area (Å²) in [6.45, 7) is 0. The lowest BCUT2D eigenvalue weighted by Crippen LogP contribution is -2.14. The average molecular weight is 356 g/mol. The highest BCUT2D eigenvalue weighted by molar-refractivity contribution is 9.10. The first-order valence-electron chi connectivity index (χ1n) is 5.68. The predicted octanol–water partition coefficient (Wildman–Crippen LogP) is 3.68. The number of carboxylic acids is 1. The summed E-state index contributed by atoms with van der Waals surface area (Å²) in [6.07, 6.45) is 0. The molecule has 0 heterocycles. The maximum Gasteiger partial charge on any atom is 0.335 e. The van der Waals surface area contributed by atoms with Crippen LogP contribution in [0.3, 0.4) is 0 Å². The van der Waals surface area contributed by atoms with Gasteiger partial charge < -0.3 is 10.4 Å². The normalized spacial score (nSPS) is 10.2. The van der Waals surface area contributed by atoms with Crippen LogP contribution in [0.25, 0.3) is 0 Å². The van der Waals surface area contributed by atoms with E-state index in [9.17, 15) is 18.4 Å². The smallest absolute Gasteiger partial charge is 0.335 e. The lowest BCUT2D eigenvalue weighted by Gasteiger charge is -2.08. The fourth-order valence-electron chi connectivity index (χ4n) is 1.62. The largest absolute Gasteiger partial charge is 0.478 e. The van der Waals surface area contributed by atoms with Gasteiger partial charge in [-0.2, -0.15) is 0 Å². The second-order valence-electron chi connectivity index (χ2n) is 4.06. The van der Waals surface area contributed by atoms with Crippen molar-refractivity contribution in [3.8, 4) is 0 Å². The quantitative estimate of drug-likeness (QED) is 0.882. The summed E-state index contributed by atoms with van der Waals surface area (Å²) in [5, 5.41) is 11.0. The molecule has 2 aromatic rings. The first-order chi connectivity index (χ1) is 9.90. The molecule has 0 radical (unpaired) electrons. The zero-order valence-electron chi connectivity index (χ0n) is 10.4. The number of nitrogens with one attached hydrogen (secondary N) is 1. The summed E-state index contributed by atoms with van der Waals surface area (Å²) in [5.74, 6) is -3.51. The van der Waals surface area contributed by atoms with Gasteiger partial charge in [0.1, 0.15) is 11.6 Å². The Morgan fingerprint density at radius 3 is 2.43 bits per heavy atom. The molecule has 2 aromatic carbocycles. The van der Waals surface area contributed by atoms with Gasteiger partial charge in [-0.25, -0.2) is 13.6 Å². The van der Waals surface area contributed by atoms with Crippen LogP contribution >= 0.6 is 15.9 Å². The Morgan fingerprint density at radius 2 is 1.81 bits per heavy atom. The maximum atomic E-state index is 13.7. The van der Waals surface area contributed by atoms with E-state index >= 15 is 0 Å². The van der Waals surface area contributed by atoms with E-state index in [0.29, 0.717) is 0 Å². The van der Waals surface area contributed by atoms with E-state index in [1.165, 1.54) is 18.2 Å². The zero-order chi connectivity index (χ0) is 15.6. The van der Waals surface area contributed by atoms with Crippen LogP contribution in [0.2, 0.25) is 0 Å². The third-order valence-corrected chi connectivity index (χ3v) is 3.47. The second-order valence-corrected chi connectivity index (χ2v) is 4.85. The van der Waals surface area contributed by atoms with Gasteiger partial charge in [0.05, 0.1) is 21.3 Å². The fraction of sp³-hybridized carbons (Fsp3) is 0. The zero-order valence-corrected chi connectivity index (χ0v) is 11.9. The predicted molar refractivity (Wildman–Crippen MR) is 75.4 cm³/mol. The number of aromatic carboxylic acids is 1. The summed E-state index contributed by atoms with van der Waals surface area (Å²) in [7, 11) is 0. The van der Waals surface area contributed by atoms with E-state index in [4.69, 9.17) is 5.11 Å². The molecule has 0 aliphatic heterocycles. The molecule has 0 aromatic heterocycles. The Labute approximate surface area is 126 Å². The Kier molecular flexibility index (Phi) is 4.32. The number of benzene rings is 2. The number of amides is 1. The van der Waals surface area contributed by atoms with Gasteiger partial charge in [0.15, 0.2) is 0 Å². The molecule has 1 amide bonds. The maximum absolute atomic E-state index is 13.7. The number of hydrogen-bond donors (Lipinski definition) is 2. The van der Waals surface area contributed by atoms with Gasteiger partial charge >= 0.3 is 5.97 Å². The average Bonchev–Trinajstić information content (AvgIpc) is 2.43. The van der Waals surface area contributed by atoms with Gasteiger partial charge in [-0.3, -0.25) is 4.79 Å². The van der Waals surface area contributed by atoms with E-state index in [1.54, 1.807) is 0 Å². The van der Waals surface area contributed by atoms with Gasteiger partial charge in [-0.1, -0.05) is 6.07 Å². The molecule has 2 rings (SSSR count). The Balaban J connectivity index is 2.28. The monoisotopic (exact) mass is 355 g/mol. The van der Waals surface area contributed by atoms with Crippen molar-refractivity contribution in [2.24, 2.45) is 0 Å². The fourth-order valence-corrected chi connectivity index (χ4v) is 2.06. The SMILES string of the molecule is O=C(O)c1ccc(NC(=O)c2cccc(F)c2Br)c(F)c1. The Bertz CT molecular complexity index is 734. The van der Waals surface area contributed by atoms with Crippen molar-refractivity contribution in [2.45, 2.75) is 0 Å². The molecule has 7 heteroatoms. The van der Waals surface area contributed by atoms with Gasteiger partial charge in [-0.05, 0) is 46.3 Å². The molecule has 2 N–H and O–H groups in total. The lowest BCUT2D eigenvalue weighted by molar-refractivity contribution is 0.0696. The number of anilines is 1. The van der Waals surface area contributed by atoms with Crippen LogP contribution in [0.5, 0.6) is 0 Å². The summed E-state index contributed by atoms with van der Waals surface area (Å²) >= 11 is 2.94. The summed E-state index contributed by atoms with van der Waals surface area (Å²) in [5.41, 5.74) is -0.435. The summed E-state index contributed by atoms with van der Waals surface area (Å²) in [6, 6.07) is 6.96. The van der Waals surface area contributed by atoms with Crippen LogP contribution in [-0.4, -0.2) is 17.0 Å². The molecule has 0 bridgehead atoms. The molecule has 0 aliphatic rings. The first kappa shape index (κ1) is 15.1. The lowest BCUT2D eigenvalue weighted by atomic mass is 10.1. The molecule has 0 fully saturated rings. The number of halogens is 3. The van der Waals surface area contributed by atoms with E-state index < -0.39 is 23.5 Å². The topological polar surface area (TPSA) is 66.4 Å². The van der Waals surface area contributed by atoms with Crippen molar-refractivity contribution in [1.29, 1.82) is 0 Å². The first-order valence-corrected chi connectivity index (χ1v) is 6.47. The number of carboxylic acid groups (broad SMARTS) is 1. The van der Waals surface area contributed by atoms with Crippen LogP contribution in [0.4, 0.5) is 14.5 Å². The van der Waals surface area contributed by atoms with Gasteiger partial charge in [-0.15, -0.1) is 0 Å². The second kappa shape index (κ2) is 6.01. The standard InChI is InChI=1S/C14H8BrF2NO3/c15-12-8(2-1-3-9(12)16)13(19)18-11-5-4-7(14(20)21)6-10(11)17/h1-6H,(H,18,19)(H,20,21). The van der Waals surface area contributed by atoms with Crippen molar-refractivity contribution in [3.63, 3.8) is 0 Å². The molecule has 0 spiro atoms. The van der Waals surface area contributed by atoms with Crippen LogP contribution in [0, 0.1) is 11.6 Å². The van der Waals surface area contributed by atoms with E-state index in [1.807, 2.05) is 0 Å². The molecular weight excluding hydrogens is 348 g/mol. The van der Waals surface area contributed by atoms with Gasteiger partial charge in [0.25, 0.3) is 5.91 Å². The molecule has 0 aliphatic carbocycles. The molecular formula is C14H8BrF2NO3. The molecule has 4 nitrogen and oxygen atoms in total. The van der Waals surface area contributed by atoms with Crippen molar-refractivity contribution >= 4 is 33.5 Å². The third kappa shape index (κ3) is 3.25. The molecule has 0 saturated heterocycles. The van der Waals surface area contributed by atoms with Crippen LogP contribution in [0.1, 0.15) is 20.7 Å². The van der Waals surface area contributed by atoms with Crippen LogP contribution < -0.4 is 5.32 Å².